The third kappa shape index (κ3) is 5.29. The number of aliphatic hydroxyl groups is 1. The summed E-state index contributed by atoms with van der Waals surface area (Å²) in [6.07, 6.45) is 1.60. The van der Waals surface area contributed by atoms with Crippen LogP contribution in [0.4, 0.5) is 5.69 Å². The summed E-state index contributed by atoms with van der Waals surface area (Å²) in [6, 6.07) is 11.3. The molecule has 1 atom stereocenters. The molecule has 0 radical (unpaired) electrons. The second-order valence-corrected chi connectivity index (χ2v) is 8.42. The zero-order valence-electron chi connectivity index (χ0n) is 19.7. The second-order valence-electron chi connectivity index (χ2n) is 8.42. The minimum Gasteiger partial charge on any atom is -0.507 e. The number of nitro groups is 1. The summed E-state index contributed by atoms with van der Waals surface area (Å²) < 4.78 is 10.8. The van der Waals surface area contributed by atoms with Crippen LogP contribution in [0.25, 0.3) is 5.76 Å². The second kappa shape index (κ2) is 11.1. The topological polar surface area (TPSA) is 122 Å². The predicted molar refractivity (Wildman–Crippen MR) is 131 cm³/mol. The van der Waals surface area contributed by atoms with E-state index in [1.807, 2.05) is 0 Å². The Morgan fingerprint density at radius 3 is 2.56 bits per heavy atom. The Hall–Kier alpha value is -4.02. The number of carbonyl (C=O) groups excluding carboxylic acids is 2. The predicted octanol–water partition coefficient (Wildman–Crippen LogP) is 2.91. The number of likely N-dealkylation sites (tertiary alicyclic amines) is 1. The molecule has 0 aromatic heterocycles. The number of rotatable bonds is 9. The molecule has 2 aromatic carbocycles. The molecule has 2 heterocycles. The first kappa shape index (κ1) is 25.1. The molecule has 0 aliphatic carbocycles. The molecular formula is C26H27N3O7. The highest BCUT2D eigenvalue weighted by atomic mass is 16.6. The average molecular weight is 494 g/mol. The van der Waals surface area contributed by atoms with Crippen molar-refractivity contribution in [1.29, 1.82) is 0 Å². The molecule has 0 unspecified atom stereocenters. The molecule has 4 rings (SSSR count). The molecule has 1 amide bonds. The Morgan fingerprint density at radius 2 is 1.89 bits per heavy atom. The molecule has 2 aromatic rings. The number of Topliss-reactive ketones (excluding diaryl/α,β-unsaturated/α-hetero) is 1. The smallest absolute Gasteiger partial charge is 0.295 e. The molecule has 2 aliphatic rings. The van der Waals surface area contributed by atoms with Crippen molar-refractivity contribution in [3.05, 3.63) is 88.0 Å². The molecule has 0 spiro atoms. The van der Waals surface area contributed by atoms with Gasteiger partial charge in [-0.2, -0.15) is 0 Å². The van der Waals surface area contributed by atoms with Crippen molar-refractivity contribution in [2.45, 2.75) is 6.04 Å². The van der Waals surface area contributed by atoms with E-state index in [1.165, 1.54) is 23.1 Å². The summed E-state index contributed by atoms with van der Waals surface area (Å²) in [5, 5.41) is 22.6. The third-order valence-corrected chi connectivity index (χ3v) is 6.19. The van der Waals surface area contributed by atoms with Crippen molar-refractivity contribution in [3.63, 3.8) is 0 Å². The van der Waals surface area contributed by atoms with E-state index in [0.29, 0.717) is 56.3 Å². The fourth-order valence-corrected chi connectivity index (χ4v) is 4.36. The fourth-order valence-electron chi connectivity index (χ4n) is 4.36. The van der Waals surface area contributed by atoms with Gasteiger partial charge in [0.1, 0.15) is 18.1 Å². The van der Waals surface area contributed by atoms with Gasteiger partial charge in [0.05, 0.1) is 29.8 Å². The third-order valence-electron chi connectivity index (χ3n) is 6.19. The molecular weight excluding hydrogens is 466 g/mol. The van der Waals surface area contributed by atoms with E-state index in [9.17, 15) is 24.8 Å². The van der Waals surface area contributed by atoms with Crippen LogP contribution in [0.15, 0.2) is 66.8 Å². The lowest BCUT2D eigenvalue weighted by Gasteiger charge is -2.31. The van der Waals surface area contributed by atoms with E-state index in [4.69, 9.17) is 9.47 Å². The highest BCUT2D eigenvalue weighted by Crippen LogP contribution is 2.40. The maximum Gasteiger partial charge on any atom is 0.295 e. The van der Waals surface area contributed by atoms with E-state index in [0.717, 1.165) is 0 Å². The van der Waals surface area contributed by atoms with Crippen molar-refractivity contribution in [3.8, 4) is 5.75 Å². The first-order valence-corrected chi connectivity index (χ1v) is 11.6. The van der Waals surface area contributed by atoms with Gasteiger partial charge in [0, 0.05) is 43.9 Å². The molecule has 0 saturated carbocycles. The average Bonchev–Trinajstić information content (AvgIpc) is 3.16. The monoisotopic (exact) mass is 493 g/mol. The number of morpholine rings is 1. The van der Waals surface area contributed by atoms with Crippen LogP contribution in [0.1, 0.15) is 17.2 Å². The van der Waals surface area contributed by atoms with Gasteiger partial charge < -0.3 is 19.5 Å². The summed E-state index contributed by atoms with van der Waals surface area (Å²) >= 11 is 0. The SMILES string of the molecule is C=CCOc1ccc(/C(O)=C2\C(=O)C(=O)N(CCN3CCOCC3)[C@H]2c2cccc([N+](=O)[O-])c2)cc1. The molecule has 188 valence electrons. The number of ether oxygens (including phenoxy) is 2. The van der Waals surface area contributed by atoms with Gasteiger partial charge in [-0.3, -0.25) is 24.6 Å². The Morgan fingerprint density at radius 1 is 1.17 bits per heavy atom. The van der Waals surface area contributed by atoms with Crippen LogP contribution in [0.5, 0.6) is 5.75 Å². The summed E-state index contributed by atoms with van der Waals surface area (Å²) in [5.74, 6) is -1.40. The van der Waals surface area contributed by atoms with Crippen LogP contribution < -0.4 is 4.74 Å². The van der Waals surface area contributed by atoms with Gasteiger partial charge in [-0.1, -0.05) is 24.8 Å². The van der Waals surface area contributed by atoms with Gasteiger partial charge in [0.2, 0.25) is 0 Å². The Bertz CT molecular complexity index is 1190. The Balaban J connectivity index is 1.73. The Kier molecular flexibility index (Phi) is 7.77. The number of nitrogens with zero attached hydrogens (tertiary/aromatic N) is 3. The maximum absolute atomic E-state index is 13.2. The quantitative estimate of drug-likeness (QED) is 0.141. The number of hydrogen-bond acceptors (Lipinski definition) is 8. The molecule has 36 heavy (non-hydrogen) atoms. The maximum atomic E-state index is 13.2. The first-order valence-electron chi connectivity index (χ1n) is 11.6. The fraction of sp³-hybridized carbons (Fsp3) is 0.308. The first-order chi connectivity index (χ1) is 17.4. The lowest BCUT2D eigenvalue weighted by Crippen LogP contribution is -2.42. The van der Waals surface area contributed by atoms with E-state index in [-0.39, 0.29) is 23.6 Å². The lowest BCUT2D eigenvalue weighted by atomic mass is 9.95. The van der Waals surface area contributed by atoms with Gasteiger partial charge in [-0.15, -0.1) is 0 Å². The molecule has 2 fully saturated rings. The van der Waals surface area contributed by atoms with Crippen LogP contribution in [0.3, 0.4) is 0 Å². The van der Waals surface area contributed by atoms with Crippen molar-refractivity contribution >= 4 is 23.1 Å². The van der Waals surface area contributed by atoms with Gasteiger partial charge in [-0.25, -0.2) is 0 Å². The normalized spacial score (nSPS) is 19.9. The number of non-ortho nitro benzene ring substituents is 1. The molecule has 2 aliphatic heterocycles. The number of amides is 1. The molecule has 10 nitrogen and oxygen atoms in total. The Labute approximate surface area is 208 Å². The number of benzene rings is 2. The minimum atomic E-state index is -0.970. The van der Waals surface area contributed by atoms with Crippen LogP contribution in [-0.2, 0) is 14.3 Å². The highest BCUT2D eigenvalue weighted by Gasteiger charge is 2.46. The van der Waals surface area contributed by atoms with E-state index in [1.54, 1.807) is 36.4 Å². The summed E-state index contributed by atoms with van der Waals surface area (Å²) in [5.41, 5.74) is 0.414. The van der Waals surface area contributed by atoms with E-state index < -0.39 is 22.7 Å². The summed E-state index contributed by atoms with van der Waals surface area (Å²) in [7, 11) is 0. The summed E-state index contributed by atoms with van der Waals surface area (Å²) in [6.45, 7) is 7.18. The van der Waals surface area contributed by atoms with Crippen LogP contribution >= 0.6 is 0 Å². The molecule has 2 saturated heterocycles. The van der Waals surface area contributed by atoms with E-state index >= 15 is 0 Å². The van der Waals surface area contributed by atoms with Crippen LogP contribution in [-0.4, -0.2) is 77.5 Å². The number of nitro benzene ring substituents is 1. The van der Waals surface area contributed by atoms with Gasteiger partial charge in [0.15, 0.2) is 0 Å². The highest BCUT2D eigenvalue weighted by molar-refractivity contribution is 6.46. The lowest BCUT2D eigenvalue weighted by molar-refractivity contribution is -0.384. The van der Waals surface area contributed by atoms with Crippen LogP contribution in [0, 0.1) is 10.1 Å². The standard InChI is InChI=1S/C26H27N3O7/c1-2-14-36-21-8-6-18(7-9-21)24(30)22-23(19-4-3-5-20(17-19)29(33)34)28(26(32)25(22)31)11-10-27-12-15-35-16-13-27/h2-9,17,23,30H,1,10-16H2/b24-22+/t23-/m0/s1. The molecule has 0 bridgehead atoms. The number of carbonyl (C=O) groups is 2. The molecule has 1 N–H and O–H groups in total. The van der Waals surface area contributed by atoms with Gasteiger partial charge in [-0.05, 0) is 29.8 Å². The molecule has 10 heteroatoms. The van der Waals surface area contributed by atoms with E-state index in [2.05, 4.69) is 11.5 Å². The number of aliphatic hydroxyl groups excluding tert-OH is 1. The van der Waals surface area contributed by atoms with Crippen LogP contribution in [0.2, 0.25) is 0 Å². The van der Waals surface area contributed by atoms with Crippen molar-refractivity contribution in [2.24, 2.45) is 0 Å². The zero-order valence-corrected chi connectivity index (χ0v) is 19.7. The van der Waals surface area contributed by atoms with Gasteiger partial charge in [0.25, 0.3) is 17.4 Å². The van der Waals surface area contributed by atoms with Crippen molar-refractivity contribution in [1.82, 2.24) is 9.80 Å². The zero-order chi connectivity index (χ0) is 25.7. The van der Waals surface area contributed by atoms with Gasteiger partial charge >= 0.3 is 0 Å². The largest absolute Gasteiger partial charge is 0.507 e. The van der Waals surface area contributed by atoms with Crippen molar-refractivity contribution < 1.29 is 29.1 Å². The number of ketones is 1. The number of hydrogen-bond donors (Lipinski definition) is 1. The van der Waals surface area contributed by atoms with Crippen molar-refractivity contribution in [2.75, 3.05) is 46.0 Å². The summed E-state index contributed by atoms with van der Waals surface area (Å²) in [4.78, 5) is 40.7. The minimum absolute atomic E-state index is 0.109.